The van der Waals surface area contributed by atoms with Crippen LogP contribution >= 0.6 is 0 Å². The van der Waals surface area contributed by atoms with E-state index in [9.17, 15) is 15.0 Å². The summed E-state index contributed by atoms with van der Waals surface area (Å²) in [5.41, 5.74) is 1.62. The van der Waals surface area contributed by atoms with Crippen LogP contribution in [0.1, 0.15) is 11.1 Å². The van der Waals surface area contributed by atoms with E-state index in [0.717, 1.165) is 5.56 Å². The third-order valence-electron chi connectivity index (χ3n) is 3.10. The maximum absolute atomic E-state index is 11.4. The van der Waals surface area contributed by atoms with Gasteiger partial charge in [-0.25, -0.2) is 4.79 Å². The van der Waals surface area contributed by atoms with E-state index in [0.29, 0.717) is 17.9 Å². The molecule has 0 unspecified atom stereocenters. The molecule has 2 N–H and O–H groups in total. The zero-order chi connectivity index (χ0) is 15.2. The van der Waals surface area contributed by atoms with Crippen LogP contribution in [0.5, 0.6) is 11.5 Å². The van der Waals surface area contributed by atoms with Crippen LogP contribution < -0.4 is 4.74 Å². The van der Waals surface area contributed by atoms with Gasteiger partial charge in [-0.05, 0) is 23.3 Å². The standard InChI is InChI=1S/C16H17NO4/c1-21-15-8-7-13(9-14(15)18)11-17(16(19)20)10-12-5-3-2-4-6-12/h2-9,18H,10-11H2,1H3,(H,19,20). The monoisotopic (exact) mass is 287 g/mol. The molecule has 0 aliphatic heterocycles. The highest BCUT2D eigenvalue weighted by Gasteiger charge is 2.14. The minimum Gasteiger partial charge on any atom is -0.504 e. The van der Waals surface area contributed by atoms with E-state index in [2.05, 4.69) is 0 Å². The predicted molar refractivity (Wildman–Crippen MR) is 78.4 cm³/mol. The van der Waals surface area contributed by atoms with Crippen molar-refractivity contribution in [1.29, 1.82) is 0 Å². The zero-order valence-corrected chi connectivity index (χ0v) is 11.7. The Hall–Kier alpha value is -2.69. The number of phenolic OH excluding ortho intramolecular Hbond substituents is 1. The Morgan fingerprint density at radius 1 is 1.10 bits per heavy atom. The number of carboxylic acid groups (broad SMARTS) is 1. The maximum Gasteiger partial charge on any atom is 0.407 e. The van der Waals surface area contributed by atoms with Gasteiger partial charge in [-0.3, -0.25) is 4.90 Å². The lowest BCUT2D eigenvalue weighted by molar-refractivity contribution is 0.139. The Bertz CT molecular complexity index is 613. The molecule has 2 rings (SSSR count). The SMILES string of the molecule is COc1ccc(CN(Cc2ccccc2)C(=O)O)cc1O. The van der Waals surface area contributed by atoms with E-state index in [-0.39, 0.29) is 12.3 Å². The van der Waals surface area contributed by atoms with Crippen molar-refractivity contribution in [3.63, 3.8) is 0 Å². The summed E-state index contributed by atoms with van der Waals surface area (Å²) in [6.45, 7) is 0.491. The molecule has 2 aromatic rings. The number of methoxy groups -OCH3 is 1. The van der Waals surface area contributed by atoms with Gasteiger partial charge in [-0.2, -0.15) is 0 Å². The van der Waals surface area contributed by atoms with Crippen LogP contribution in [0.4, 0.5) is 4.79 Å². The number of ether oxygens (including phenoxy) is 1. The number of amides is 1. The number of aromatic hydroxyl groups is 1. The first-order valence-electron chi connectivity index (χ1n) is 6.48. The molecule has 0 saturated carbocycles. The minimum atomic E-state index is -1.01. The minimum absolute atomic E-state index is 0.0000462. The van der Waals surface area contributed by atoms with Crippen molar-refractivity contribution in [3.8, 4) is 11.5 Å². The molecule has 0 radical (unpaired) electrons. The van der Waals surface area contributed by atoms with Gasteiger partial charge in [0.2, 0.25) is 0 Å². The van der Waals surface area contributed by atoms with Crippen LogP contribution in [0.25, 0.3) is 0 Å². The van der Waals surface area contributed by atoms with E-state index in [1.54, 1.807) is 12.1 Å². The summed E-state index contributed by atoms with van der Waals surface area (Å²) in [7, 11) is 1.47. The molecular weight excluding hydrogens is 270 g/mol. The molecule has 0 fully saturated rings. The normalized spacial score (nSPS) is 10.1. The van der Waals surface area contributed by atoms with Crippen molar-refractivity contribution < 1.29 is 19.7 Å². The van der Waals surface area contributed by atoms with Crippen LogP contribution in [-0.2, 0) is 13.1 Å². The van der Waals surface area contributed by atoms with Gasteiger partial charge in [-0.15, -0.1) is 0 Å². The fraction of sp³-hybridized carbons (Fsp3) is 0.188. The van der Waals surface area contributed by atoms with Crippen molar-refractivity contribution in [2.45, 2.75) is 13.1 Å². The van der Waals surface area contributed by atoms with Gasteiger partial charge >= 0.3 is 6.09 Å². The van der Waals surface area contributed by atoms with Crippen LogP contribution in [0, 0.1) is 0 Å². The third-order valence-corrected chi connectivity index (χ3v) is 3.10. The van der Waals surface area contributed by atoms with Gasteiger partial charge in [0.25, 0.3) is 0 Å². The van der Waals surface area contributed by atoms with Crippen molar-refractivity contribution in [2.75, 3.05) is 7.11 Å². The quantitative estimate of drug-likeness (QED) is 0.886. The van der Waals surface area contributed by atoms with E-state index in [1.807, 2.05) is 30.3 Å². The summed E-state index contributed by atoms with van der Waals surface area (Å²) in [6.07, 6.45) is -1.01. The zero-order valence-electron chi connectivity index (χ0n) is 11.7. The number of hydrogen-bond donors (Lipinski definition) is 2. The topological polar surface area (TPSA) is 70.0 Å². The fourth-order valence-corrected chi connectivity index (χ4v) is 2.05. The first-order valence-corrected chi connectivity index (χ1v) is 6.48. The van der Waals surface area contributed by atoms with Gasteiger partial charge < -0.3 is 14.9 Å². The maximum atomic E-state index is 11.4. The average molecular weight is 287 g/mol. The molecule has 5 heteroatoms. The summed E-state index contributed by atoms with van der Waals surface area (Å²) in [4.78, 5) is 12.6. The largest absolute Gasteiger partial charge is 0.504 e. The van der Waals surface area contributed by atoms with Gasteiger partial charge in [0, 0.05) is 13.1 Å². The number of hydrogen-bond acceptors (Lipinski definition) is 3. The molecule has 110 valence electrons. The highest BCUT2D eigenvalue weighted by Crippen LogP contribution is 2.27. The fourth-order valence-electron chi connectivity index (χ4n) is 2.05. The lowest BCUT2D eigenvalue weighted by Crippen LogP contribution is -2.28. The van der Waals surface area contributed by atoms with Crippen molar-refractivity contribution in [2.24, 2.45) is 0 Å². The third kappa shape index (κ3) is 3.89. The Morgan fingerprint density at radius 3 is 2.33 bits per heavy atom. The molecular formula is C16H17NO4. The molecule has 21 heavy (non-hydrogen) atoms. The molecule has 0 bridgehead atoms. The molecule has 0 aliphatic carbocycles. The second-order valence-electron chi connectivity index (χ2n) is 4.63. The van der Waals surface area contributed by atoms with E-state index in [4.69, 9.17) is 4.74 Å². The predicted octanol–water partition coefficient (Wildman–Crippen LogP) is 3.08. The molecule has 2 aromatic carbocycles. The molecule has 1 amide bonds. The van der Waals surface area contributed by atoms with E-state index < -0.39 is 6.09 Å². The number of nitrogens with zero attached hydrogens (tertiary/aromatic N) is 1. The van der Waals surface area contributed by atoms with Crippen molar-refractivity contribution in [3.05, 3.63) is 59.7 Å². The molecule has 0 saturated heterocycles. The van der Waals surface area contributed by atoms with Crippen molar-refractivity contribution >= 4 is 6.09 Å². The summed E-state index contributed by atoms with van der Waals surface area (Å²) >= 11 is 0. The molecule has 0 atom stereocenters. The molecule has 0 aliphatic rings. The summed E-state index contributed by atoms with van der Waals surface area (Å²) in [6, 6.07) is 14.2. The van der Waals surface area contributed by atoms with Crippen LogP contribution in [0.15, 0.2) is 48.5 Å². The van der Waals surface area contributed by atoms with Gasteiger partial charge in [0.05, 0.1) is 7.11 Å². The van der Waals surface area contributed by atoms with E-state index >= 15 is 0 Å². The Labute approximate surface area is 123 Å². The van der Waals surface area contributed by atoms with Crippen LogP contribution in [0.3, 0.4) is 0 Å². The second kappa shape index (κ2) is 6.65. The summed E-state index contributed by atoms with van der Waals surface area (Å²) in [5.74, 6) is 0.365. The molecule has 0 aromatic heterocycles. The van der Waals surface area contributed by atoms with Gasteiger partial charge in [0.1, 0.15) is 0 Å². The van der Waals surface area contributed by atoms with Crippen LogP contribution in [0.2, 0.25) is 0 Å². The van der Waals surface area contributed by atoms with Crippen LogP contribution in [-0.4, -0.2) is 28.3 Å². The molecule has 0 heterocycles. The summed E-state index contributed by atoms with van der Waals surface area (Å²) in [5, 5.41) is 19.0. The number of phenols is 1. The Kier molecular flexibility index (Phi) is 4.66. The highest BCUT2D eigenvalue weighted by molar-refractivity contribution is 5.65. The number of carbonyl (C=O) groups is 1. The van der Waals surface area contributed by atoms with Gasteiger partial charge in [-0.1, -0.05) is 36.4 Å². The summed E-state index contributed by atoms with van der Waals surface area (Å²) < 4.78 is 4.97. The first-order chi connectivity index (χ1) is 10.1. The molecule has 0 spiro atoms. The molecule has 5 nitrogen and oxygen atoms in total. The highest BCUT2D eigenvalue weighted by atomic mass is 16.5. The Balaban J connectivity index is 2.13. The number of rotatable bonds is 5. The lowest BCUT2D eigenvalue weighted by atomic mass is 10.1. The van der Waals surface area contributed by atoms with Crippen molar-refractivity contribution in [1.82, 2.24) is 4.90 Å². The number of benzene rings is 2. The van der Waals surface area contributed by atoms with E-state index in [1.165, 1.54) is 18.1 Å². The average Bonchev–Trinajstić information content (AvgIpc) is 2.48. The van der Waals surface area contributed by atoms with Gasteiger partial charge in [0.15, 0.2) is 11.5 Å². The second-order valence-corrected chi connectivity index (χ2v) is 4.63. The first kappa shape index (κ1) is 14.7. The smallest absolute Gasteiger partial charge is 0.407 e. The lowest BCUT2D eigenvalue weighted by Gasteiger charge is -2.19. The Morgan fingerprint density at radius 2 is 1.76 bits per heavy atom.